The maximum Gasteiger partial charge on any atom is 0.349 e. The van der Waals surface area contributed by atoms with Crippen LogP contribution in [0.15, 0.2) is 35.7 Å². The Labute approximate surface area is 140 Å². The maximum atomic E-state index is 12.2. The molecule has 0 aliphatic carbocycles. The number of rotatable bonds is 2. The van der Waals surface area contributed by atoms with E-state index in [0.717, 1.165) is 17.0 Å². The molecule has 0 aliphatic rings. The zero-order chi connectivity index (χ0) is 18.3. The number of thiophene rings is 1. The fourth-order valence-electron chi connectivity index (χ4n) is 1.08. The lowest BCUT2D eigenvalue weighted by Crippen LogP contribution is -1.90. The zero-order valence-corrected chi connectivity index (χ0v) is 14.8. The molecule has 23 heavy (non-hydrogen) atoms. The van der Waals surface area contributed by atoms with Crippen molar-refractivity contribution in [3.8, 4) is 5.75 Å². The van der Waals surface area contributed by atoms with Gasteiger partial charge >= 0.3 is 5.97 Å². The number of benzene rings is 1. The molecular weight excluding hydrogens is 321 g/mol. The minimum atomic E-state index is -1.08. The molecule has 0 amide bonds. The van der Waals surface area contributed by atoms with Crippen LogP contribution in [-0.2, 0) is 4.74 Å². The standard InChI is InChI=1S/C7H8FN.C5H4O3S.C2H6O.C2H6/c1-9-7-4-2-6(8)3-5-7;6-3-1-2-9-4(3)5(7)8;1-3-2;1-2/h2-5,9H,1H3;1-2,6H,(H,7,8);1-2H3;1-2H3. The molecule has 0 saturated heterocycles. The van der Waals surface area contributed by atoms with Crippen LogP contribution in [0.5, 0.6) is 5.75 Å². The number of halogens is 1. The first kappa shape index (κ1) is 23.2. The Morgan fingerprint density at radius 1 is 1.17 bits per heavy atom. The quantitative estimate of drug-likeness (QED) is 0.756. The molecule has 5 nitrogen and oxygen atoms in total. The predicted molar refractivity (Wildman–Crippen MR) is 93.2 cm³/mol. The molecule has 2 aromatic rings. The van der Waals surface area contributed by atoms with Crippen LogP contribution in [0.1, 0.15) is 23.5 Å². The molecule has 0 aliphatic heterocycles. The lowest BCUT2D eigenvalue weighted by molar-refractivity contribution is 0.0699. The smallest absolute Gasteiger partial charge is 0.349 e. The molecule has 3 N–H and O–H groups in total. The summed E-state index contributed by atoms with van der Waals surface area (Å²) in [5.74, 6) is -1.44. The van der Waals surface area contributed by atoms with Gasteiger partial charge in [0.25, 0.3) is 0 Å². The molecule has 1 heterocycles. The average Bonchev–Trinajstić information content (AvgIpc) is 2.98. The average molecular weight is 345 g/mol. The van der Waals surface area contributed by atoms with Gasteiger partial charge in [-0.25, -0.2) is 9.18 Å². The number of methoxy groups -OCH3 is 1. The summed E-state index contributed by atoms with van der Waals surface area (Å²) in [4.78, 5) is 10.1. The molecule has 130 valence electrons. The normalized spacial score (nSPS) is 8.26. The van der Waals surface area contributed by atoms with Gasteiger partial charge in [0, 0.05) is 27.0 Å². The third-order valence-electron chi connectivity index (χ3n) is 1.97. The van der Waals surface area contributed by atoms with E-state index in [1.165, 1.54) is 23.6 Å². The molecule has 0 unspecified atom stereocenters. The largest absolute Gasteiger partial charge is 0.506 e. The zero-order valence-electron chi connectivity index (χ0n) is 14.0. The second-order valence-corrected chi connectivity index (χ2v) is 4.52. The van der Waals surface area contributed by atoms with E-state index in [0.29, 0.717) is 0 Å². The molecular formula is C16H24FNO4S. The number of aromatic carboxylic acids is 1. The first-order valence-electron chi connectivity index (χ1n) is 6.79. The van der Waals surface area contributed by atoms with Gasteiger partial charge in [-0.3, -0.25) is 0 Å². The number of aromatic hydroxyl groups is 1. The van der Waals surface area contributed by atoms with Crippen LogP contribution < -0.4 is 5.32 Å². The fraction of sp³-hybridized carbons (Fsp3) is 0.312. The molecule has 7 heteroatoms. The van der Waals surface area contributed by atoms with E-state index in [1.54, 1.807) is 33.4 Å². The third kappa shape index (κ3) is 11.1. The van der Waals surface area contributed by atoms with Crippen molar-refractivity contribution in [3.05, 3.63) is 46.4 Å². The van der Waals surface area contributed by atoms with Crippen LogP contribution in [0.4, 0.5) is 10.1 Å². The molecule has 0 fully saturated rings. The molecule has 1 aromatic carbocycles. The van der Waals surface area contributed by atoms with E-state index in [1.807, 2.05) is 13.8 Å². The molecule has 1 aromatic heterocycles. The van der Waals surface area contributed by atoms with E-state index in [9.17, 15) is 9.18 Å². The Bertz CT molecular complexity index is 529. The topological polar surface area (TPSA) is 78.8 Å². The number of hydrogen-bond donors (Lipinski definition) is 3. The highest BCUT2D eigenvalue weighted by Crippen LogP contribution is 2.22. The Balaban J connectivity index is 0. The summed E-state index contributed by atoms with van der Waals surface area (Å²) in [6.45, 7) is 4.00. The highest BCUT2D eigenvalue weighted by Gasteiger charge is 2.08. The molecule has 0 bridgehead atoms. The molecule has 0 saturated carbocycles. The van der Waals surface area contributed by atoms with Gasteiger partial charge in [-0.15, -0.1) is 11.3 Å². The Morgan fingerprint density at radius 2 is 1.65 bits per heavy atom. The molecule has 2 rings (SSSR count). The van der Waals surface area contributed by atoms with Crippen LogP contribution in [0, 0.1) is 5.82 Å². The Kier molecular flexibility index (Phi) is 14.9. The Morgan fingerprint density at radius 3 is 1.91 bits per heavy atom. The van der Waals surface area contributed by atoms with Gasteiger partial charge in [-0.05, 0) is 35.7 Å². The number of ether oxygens (including phenoxy) is 1. The minimum absolute atomic E-state index is 0.00463. The summed E-state index contributed by atoms with van der Waals surface area (Å²) in [6, 6.07) is 7.58. The van der Waals surface area contributed by atoms with Crippen molar-refractivity contribution >= 4 is 23.0 Å². The second kappa shape index (κ2) is 14.8. The van der Waals surface area contributed by atoms with Crippen molar-refractivity contribution in [1.29, 1.82) is 0 Å². The van der Waals surface area contributed by atoms with Crippen molar-refractivity contribution in [3.63, 3.8) is 0 Å². The van der Waals surface area contributed by atoms with E-state index in [-0.39, 0.29) is 16.4 Å². The van der Waals surface area contributed by atoms with Crippen molar-refractivity contribution in [2.45, 2.75) is 13.8 Å². The summed E-state index contributed by atoms with van der Waals surface area (Å²) in [6.07, 6.45) is 0. The summed E-state index contributed by atoms with van der Waals surface area (Å²) >= 11 is 1.01. The van der Waals surface area contributed by atoms with Crippen LogP contribution >= 0.6 is 11.3 Å². The lowest BCUT2D eigenvalue weighted by Gasteiger charge is -1.95. The summed E-state index contributed by atoms with van der Waals surface area (Å²) < 4.78 is 16.4. The summed E-state index contributed by atoms with van der Waals surface area (Å²) in [7, 11) is 5.05. The molecule has 0 spiro atoms. The number of carbonyl (C=O) groups is 1. The molecule has 0 atom stereocenters. The van der Waals surface area contributed by atoms with Crippen LogP contribution in [0.3, 0.4) is 0 Å². The number of carboxylic acid groups (broad SMARTS) is 1. The van der Waals surface area contributed by atoms with E-state index in [2.05, 4.69) is 10.1 Å². The SMILES string of the molecule is CC.CNc1ccc(F)cc1.COC.O=C(O)c1sccc1O. The summed E-state index contributed by atoms with van der Waals surface area (Å²) in [5, 5.41) is 21.5. The summed E-state index contributed by atoms with van der Waals surface area (Å²) in [5.41, 5.74) is 0.927. The highest BCUT2D eigenvalue weighted by molar-refractivity contribution is 7.12. The second-order valence-electron chi connectivity index (χ2n) is 3.61. The van der Waals surface area contributed by atoms with Crippen LogP contribution in [-0.4, -0.2) is 37.4 Å². The highest BCUT2D eigenvalue weighted by atomic mass is 32.1. The monoisotopic (exact) mass is 345 g/mol. The predicted octanol–water partition coefficient (Wildman–Crippen LogP) is 4.31. The lowest BCUT2D eigenvalue weighted by atomic mass is 10.3. The number of anilines is 1. The van der Waals surface area contributed by atoms with Gasteiger partial charge < -0.3 is 20.3 Å². The Hall–Kier alpha value is -2.12. The van der Waals surface area contributed by atoms with Gasteiger partial charge in [0.2, 0.25) is 0 Å². The van der Waals surface area contributed by atoms with Crippen LogP contribution in [0.2, 0.25) is 0 Å². The van der Waals surface area contributed by atoms with Gasteiger partial charge in [-0.1, -0.05) is 13.8 Å². The van der Waals surface area contributed by atoms with Gasteiger partial charge in [0.15, 0.2) is 4.88 Å². The minimum Gasteiger partial charge on any atom is -0.506 e. The van der Waals surface area contributed by atoms with Gasteiger partial charge in [-0.2, -0.15) is 0 Å². The van der Waals surface area contributed by atoms with Gasteiger partial charge in [0.1, 0.15) is 11.6 Å². The number of hydrogen-bond acceptors (Lipinski definition) is 5. The van der Waals surface area contributed by atoms with Crippen molar-refractivity contribution < 1.29 is 24.1 Å². The van der Waals surface area contributed by atoms with E-state index < -0.39 is 5.97 Å². The third-order valence-corrected chi connectivity index (χ3v) is 2.86. The van der Waals surface area contributed by atoms with Crippen molar-refractivity contribution in [2.75, 3.05) is 26.6 Å². The van der Waals surface area contributed by atoms with E-state index in [4.69, 9.17) is 10.2 Å². The van der Waals surface area contributed by atoms with Crippen molar-refractivity contribution in [1.82, 2.24) is 0 Å². The number of carboxylic acids is 1. The number of nitrogens with one attached hydrogen (secondary N) is 1. The fourth-order valence-corrected chi connectivity index (χ4v) is 1.70. The van der Waals surface area contributed by atoms with E-state index >= 15 is 0 Å². The van der Waals surface area contributed by atoms with Crippen molar-refractivity contribution in [2.24, 2.45) is 0 Å². The maximum absolute atomic E-state index is 12.2. The first-order valence-corrected chi connectivity index (χ1v) is 7.67. The first-order chi connectivity index (χ1) is 11.0. The van der Waals surface area contributed by atoms with Crippen LogP contribution in [0.25, 0.3) is 0 Å². The van der Waals surface area contributed by atoms with Gasteiger partial charge in [0.05, 0.1) is 0 Å². The molecule has 0 radical (unpaired) electrons.